The number of fused-ring (bicyclic) bond motifs is 1. The van der Waals surface area contributed by atoms with E-state index in [1.165, 1.54) is 0 Å². The molecule has 1 aromatic carbocycles. The van der Waals surface area contributed by atoms with Gasteiger partial charge in [0.05, 0.1) is 11.3 Å². The monoisotopic (exact) mass is 287 g/mol. The molecule has 1 N–H and O–H groups in total. The highest BCUT2D eigenvalue weighted by Crippen LogP contribution is 2.49. The second kappa shape index (κ2) is 5.17. The van der Waals surface area contributed by atoms with Crippen LogP contribution in [0.1, 0.15) is 37.7 Å². The van der Waals surface area contributed by atoms with Crippen molar-refractivity contribution in [1.82, 2.24) is 4.90 Å². The van der Waals surface area contributed by atoms with E-state index in [0.29, 0.717) is 19.5 Å². The Labute approximate surface area is 124 Å². The van der Waals surface area contributed by atoms with Gasteiger partial charge in [0.15, 0.2) is 0 Å². The van der Waals surface area contributed by atoms with Crippen LogP contribution in [0.2, 0.25) is 0 Å². The molecule has 1 saturated carbocycles. The van der Waals surface area contributed by atoms with Gasteiger partial charge in [-0.3, -0.25) is 9.59 Å². The number of aliphatic carboxylic acids is 1. The second-order valence-electron chi connectivity index (χ2n) is 6.40. The molecule has 1 aliphatic carbocycles. The number of hydrogen-bond acceptors (Lipinski definition) is 2. The molecule has 1 aliphatic heterocycles. The van der Waals surface area contributed by atoms with Crippen molar-refractivity contribution in [1.29, 1.82) is 0 Å². The Morgan fingerprint density at radius 1 is 1.33 bits per heavy atom. The van der Waals surface area contributed by atoms with Crippen LogP contribution in [-0.2, 0) is 9.59 Å². The average molecular weight is 287 g/mol. The molecule has 0 radical (unpaired) electrons. The fraction of sp³-hybridized carbons (Fsp3) is 0.529. The van der Waals surface area contributed by atoms with Gasteiger partial charge in [-0.25, -0.2) is 0 Å². The Bertz CT molecular complexity index is 556. The summed E-state index contributed by atoms with van der Waals surface area (Å²) in [5, 5.41) is 9.59. The molecule has 1 amide bonds. The molecule has 0 bridgehead atoms. The number of amides is 1. The fourth-order valence-electron chi connectivity index (χ4n) is 3.96. The minimum Gasteiger partial charge on any atom is -0.481 e. The summed E-state index contributed by atoms with van der Waals surface area (Å²) in [6, 6.07) is 9.69. The number of carboxylic acids is 1. The van der Waals surface area contributed by atoms with Crippen molar-refractivity contribution in [2.45, 2.75) is 32.1 Å². The normalized spacial score (nSPS) is 29.2. The van der Waals surface area contributed by atoms with Gasteiger partial charge in [-0.1, -0.05) is 36.8 Å². The number of nitrogens with zero attached hydrogens (tertiary/aromatic N) is 1. The molecule has 3 rings (SSSR count). The van der Waals surface area contributed by atoms with Crippen molar-refractivity contribution >= 4 is 11.9 Å². The van der Waals surface area contributed by atoms with Crippen LogP contribution in [0.4, 0.5) is 0 Å². The molecule has 4 nitrogen and oxygen atoms in total. The van der Waals surface area contributed by atoms with Gasteiger partial charge >= 0.3 is 5.97 Å². The van der Waals surface area contributed by atoms with Gasteiger partial charge in [-0.05, 0) is 31.2 Å². The summed E-state index contributed by atoms with van der Waals surface area (Å²) in [5.74, 6) is -0.762. The summed E-state index contributed by atoms with van der Waals surface area (Å²) in [6.07, 6.45) is 2.60. The van der Waals surface area contributed by atoms with Gasteiger partial charge in [0, 0.05) is 13.1 Å². The lowest BCUT2D eigenvalue weighted by Crippen LogP contribution is -2.38. The standard InChI is InChI=1S/C17H21NO3/c1-12(13-6-3-2-4-7-13)15(19)18-10-14-8-5-9-17(14,11-18)16(20)21/h2-4,6-7,12,14H,5,8-11H2,1H3,(H,20,21)/t12-,14+,17-/m1/s1. The zero-order valence-electron chi connectivity index (χ0n) is 12.3. The van der Waals surface area contributed by atoms with Crippen LogP contribution in [-0.4, -0.2) is 35.0 Å². The van der Waals surface area contributed by atoms with E-state index < -0.39 is 11.4 Å². The molecule has 21 heavy (non-hydrogen) atoms. The molecule has 4 heteroatoms. The maximum absolute atomic E-state index is 12.7. The van der Waals surface area contributed by atoms with Crippen molar-refractivity contribution in [3.05, 3.63) is 35.9 Å². The van der Waals surface area contributed by atoms with Gasteiger partial charge in [0.1, 0.15) is 0 Å². The van der Waals surface area contributed by atoms with Crippen LogP contribution in [0.25, 0.3) is 0 Å². The third kappa shape index (κ3) is 2.23. The molecule has 1 aromatic rings. The van der Waals surface area contributed by atoms with E-state index in [4.69, 9.17) is 0 Å². The lowest BCUT2D eigenvalue weighted by Gasteiger charge is -2.25. The topological polar surface area (TPSA) is 57.6 Å². The predicted molar refractivity (Wildman–Crippen MR) is 78.8 cm³/mol. The Hall–Kier alpha value is -1.84. The van der Waals surface area contributed by atoms with Gasteiger partial charge in [0.2, 0.25) is 5.91 Å². The first-order chi connectivity index (χ1) is 10.0. The summed E-state index contributed by atoms with van der Waals surface area (Å²) in [5.41, 5.74) is 0.301. The quantitative estimate of drug-likeness (QED) is 0.929. The highest BCUT2D eigenvalue weighted by Gasteiger charge is 2.56. The van der Waals surface area contributed by atoms with E-state index in [2.05, 4.69) is 0 Å². The molecule has 1 heterocycles. The SMILES string of the molecule is C[C@@H](C(=O)N1C[C@@H]2CCC[C@@]2(C(=O)O)C1)c1ccccc1. The van der Waals surface area contributed by atoms with E-state index in [1.54, 1.807) is 4.90 Å². The molecule has 0 unspecified atom stereocenters. The Morgan fingerprint density at radius 2 is 2.05 bits per heavy atom. The maximum atomic E-state index is 12.7. The van der Waals surface area contributed by atoms with Crippen LogP contribution in [0.3, 0.4) is 0 Å². The fourth-order valence-corrected chi connectivity index (χ4v) is 3.96. The molecule has 3 atom stereocenters. The van der Waals surface area contributed by atoms with Crippen LogP contribution < -0.4 is 0 Å². The first-order valence-corrected chi connectivity index (χ1v) is 7.62. The van der Waals surface area contributed by atoms with Crippen LogP contribution in [0.15, 0.2) is 30.3 Å². The Balaban J connectivity index is 1.77. The third-order valence-electron chi connectivity index (χ3n) is 5.28. The number of carbonyl (C=O) groups excluding carboxylic acids is 1. The van der Waals surface area contributed by atoms with Crippen molar-refractivity contribution in [2.24, 2.45) is 11.3 Å². The van der Waals surface area contributed by atoms with Crippen LogP contribution in [0, 0.1) is 11.3 Å². The lowest BCUT2D eigenvalue weighted by atomic mass is 9.81. The minimum absolute atomic E-state index is 0.0521. The van der Waals surface area contributed by atoms with E-state index >= 15 is 0 Å². The van der Waals surface area contributed by atoms with Gasteiger partial charge in [-0.2, -0.15) is 0 Å². The van der Waals surface area contributed by atoms with Crippen LogP contribution >= 0.6 is 0 Å². The predicted octanol–water partition coefficient (Wildman–Crippen LogP) is 2.50. The molecular weight excluding hydrogens is 266 g/mol. The number of hydrogen-bond donors (Lipinski definition) is 1. The molecule has 112 valence electrons. The van der Waals surface area contributed by atoms with Crippen molar-refractivity contribution < 1.29 is 14.7 Å². The number of carbonyl (C=O) groups is 2. The zero-order valence-corrected chi connectivity index (χ0v) is 12.3. The number of carboxylic acid groups (broad SMARTS) is 1. The smallest absolute Gasteiger partial charge is 0.311 e. The van der Waals surface area contributed by atoms with Crippen LogP contribution in [0.5, 0.6) is 0 Å². The second-order valence-corrected chi connectivity index (χ2v) is 6.40. The van der Waals surface area contributed by atoms with Crippen molar-refractivity contribution in [2.75, 3.05) is 13.1 Å². The minimum atomic E-state index is -0.729. The van der Waals surface area contributed by atoms with Crippen molar-refractivity contribution in [3.8, 4) is 0 Å². The molecule has 2 fully saturated rings. The Morgan fingerprint density at radius 3 is 2.67 bits per heavy atom. The summed E-state index contributed by atoms with van der Waals surface area (Å²) in [7, 11) is 0. The molecule has 0 spiro atoms. The maximum Gasteiger partial charge on any atom is 0.311 e. The van der Waals surface area contributed by atoms with Gasteiger partial charge in [0.25, 0.3) is 0 Å². The lowest BCUT2D eigenvalue weighted by molar-refractivity contribution is -0.149. The average Bonchev–Trinajstić information content (AvgIpc) is 3.04. The third-order valence-corrected chi connectivity index (χ3v) is 5.28. The summed E-state index contributed by atoms with van der Waals surface area (Å²) < 4.78 is 0. The van der Waals surface area contributed by atoms with E-state index in [0.717, 1.165) is 18.4 Å². The molecular formula is C17H21NO3. The number of likely N-dealkylation sites (tertiary alicyclic amines) is 1. The van der Waals surface area contributed by atoms with Gasteiger partial charge < -0.3 is 10.0 Å². The molecule has 0 aromatic heterocycles. The molecule has 1 saturated heterocycles. The van der Waals surface area contributed by atoms with Gasteiger partial charge in [-0.15, -0.1) is 0 Å². The summed E-state index contributed by atoms with van der Waals surface area (Å²) in [4.78, 5) is 26.1. The largest absolute Gasteiger partial charge is 0.481 e. The first-order valence-electron chi connectivity index (χ1n) is 7.62. The number of rotatable bonds is 3. The highest BCUT2D eigenvalue weighted by molar-refractivity contribution is 5.85. The zero-order chi connectivity index (χ0) is 15.0. The van der Waals surface area contributed by atoms with E-state index in [9.17, 15) is 14.7 Å². The molecule has 2 aliphatic rings. The highest BCUT2D eigenvalue weighted by atomic mass is 16.4. The summed E-state index contributed by atoms with van der Waals surface area (Å²) >= 11 is 0. The first kappa shape index (κ1) is 14.1. The Kier molecular flexibility index (Phi) is 3.47. The summed E-state index contributed by atoms with van der Waals surface area (Å²) in [6.45, 7) is 2.88. The van der Waals surface area contributed by atoms with E-state index in [-0.39, 0.29) is 17.7 Å². The van der Waals surface area contributed by atoms with E-state index in [1.807, 2.05) is 37.3 Å². The number of benzene rings is 1. The van der Waals surface area contributed by atoms with Crippen molar-refractivity contribution in [3.63, 3.8) is 0 Å².